The molecule has 0 saturated carbocycles. The minimum Gasteiger partial charge on any atom is 0 e. The van der Waals surface area contributed by atoms with Crippen LogP contribution in [0.5, 0.6) is 11.5 Å². The van der Waals surface area contributed by atoms with Gasteiger partial charge >= 0.3 is 33.9 Å². The minimum absolute atomic E-state index is 0. The van der Waals surface area contributed by atoms with Crippen LogP contribution in [-0.2, 0) is 44.2 Å². The van der Waals surface area contributed by atoms with Crippen LogP contribution in [0.15, 0.2) is 34.8 Å². The maximum absolute atomic E-state index is 7.50. The maximum Gasteiger partial charge on any atom is 0 e. The predicted molar refractivity (Wildman–Crippen MR) is 144 cm³/mol. The average Bonchev–Trinajstić information content (AvgIpc) is 2.85. The van der Waals surface area contributed by atoms with Gasteiger partial charge in [0, 0.05) is 38.2 Å². The Hall–Kier alpha value is -1.77. The van der Waals surface area contributed by atoms with Crippen LogP contribution in [0, 0.1) is 20.0 Å². The van der Waals surface area contributed by atoms with Crippen molar-refractivity contribution < 1.29 is 40.5 Å². The average molecular weight is 610 g/mol. The van der Waals surface area contributed by atoms with Gasteiger partial charge in [0.25, 0.3) is 8.32 Å². The van der Waals surface area contributed by atoms with Crippen LogP contribution in [-0.4, -0.2) is 15.4 Å². The third kappa shape index (κ3) is 7.62. The van der Waals surface area contributed by atoms with E-state index in [2.05, 4.69) is 114 Å². The van der Waals surface area contributed by atoms with Gasteiger partial charge in [-0.15, -0.1) is 0 Å². The van der Waals surface area contributed by atoms with Crippen molar-refractivity contribution in [1.82, 2.24) is 0 Å². The number of hydrogen-bond acceptors (Lipinski definition) is 2. The molecule has 36 heavy (non-hydrogen) atoms. The van der Waals surface area contributed by atoms with Crippen LogP contribution >= 0.6 is 15.9 Å². The Morgan fingerprint density at radius 2 is 1.31 bits per heavy atom. The molecule has 0 heterocycles. The van der Waals surface area contributed by atoms with Crippen LogP contribution in [0.1, 0.15) is 45.7 Å². The Morgan fingerprint density at radius 3 is 1.75 bits per heavy atom. The molecular formula is C28H33BrCrO5Si. The van der Waals surface area contributed by atoms with Crippen molar-refractivity contribution in [3.05, 3.63) is 65.9 Å². The number of benzene rings is 3. The van der Waals surface area contributed by atoms with E-state index in [0.29, 0.717) is 0 Å². The van der Waals surface area contributed by atoms with Gasteiger partial charge < -0.3 is 9.16 Å². The molecule has 3 aromatic rings. The van der Waals surface area contributed by atoms with Gasteiger partial charge in [-0.05, 0) is 65.5 Å². The summed E-state index contributed by atoms with van der Waals surface area (Å²) < 4.78 is 36.6. The van der Waals surface area contributed by atoms with Gasteiger partial charge in [0.15, 0.2) is 0 Å². The number of hydrogen-bond donors (Lipinski definition) is 0. The zero-order valence-corrected chi connectivity index (χ0v) is 26.0. The van der Waals surface area contributed by atoms with Crippen LogP contribution in [0.3, 0.4) is 0 Å². The van der Waals surface area contributed by atoms with Crippen molar-refractivity contribution in [2.24, 2.45) is 0 Å². The second-order valence-electron chi connectivity index (χ2n) is 9.24. The Morgan fingerprint density at radius 1 is 0.833 bits per heavy atom. The van der Waals surface area contributed by atoms with Crippen LogP contribution in [0.25, 0.3) is 21.5 Å². The summed E-state index contributed by atoms with van der Waals surface area (Å²) in [4.78, 5) is 0. The Bertz CT molecular complexity index is 1200. The molecule has 0 aromatic heterocycles. The van der Waals surface area contributed by atoms with Crippen molar-refractivity contribution in [3.63, 3.8) is 0 Å². The van der Waals surface area contributed by atoms with Crippen molar-refractivity contribution in [1.29, 1.82) is 0 Å². The van der Waals surface area contributed by atoms with Gasteiger partial charge in [0.1, 0.15) is 11.5 Å². The first-order valence-electron chi connectivity index (χ1n) is 11.1. The van der Waals surface area contributed by atoms with Gasteiger partial charge in [-0.2, -0.15) is 0 Å². The fourth-order valence-electron chi connectivity index (χ4n) is 3.82. The number of ether oxygens (including phenoxy) is 1. The van der Waals surface area contributed by atoms with E-state index in [1.165, 1.54) is 27.3 Å². The molecule has 0 saturated heterocycles. The van der Waals surface area contributed by atoms with E-state index in [1.807, 2.05) is 0 Å². The summed E-state index contributed by atoms with van der Waals surface area (Å²) in [6.45, 7) is 29.5. The molecule has 0 unspecified atom stereocenters. The van der Waals surface area contributed by atoms with Crippen molar-refractivity contribution in [2.45, 2.75) is 65.6 Å². The first kappa shape index (κ1) is 36.4. The van der Waals surface area contributed by atoms with Gasteiger partial charge in [-0.25, -0.2) is 0 Å². The van der Waals surface area contributed by atoms with E-state index >= 15 is 0 Å². The van der Waals surface area contributed by atoms with Crippen LogP contribution < -0.4 is 9.16 Å². The second kappa shape index (κ2) is 16.2. The number of rotatable bonds is 5. The standard InChI is InChI=1S/C25H33BrO2Si.3CO.Cr/c1-9-18-19(10-2)24(28-29(7,8)25(3,4)5)22-20-14-12-17(26)15-16(20)11-13-21(22)23(18)27-6;3*1-2;/h11-15H,9-10H2,1-8H3;;;;. The molecule has 0 bridgehead atoms. The first-order valence-corrected chi connectivity index (χ1v) is 14.8. The van der Waals surface area contributed by atoms with E-state index in [0.717, 1.165) is 34.2 Å². The topological polar surface area (TPSA) is 78.2 Å². The van der Waals surface area contributed by atoms with Gasteiger partial charge in [-0.3, -0.25) is 0 Å². The van der Waals surface area contributed by atoms with E-state index < -0.39 is 8.32 Å². The molecule has 0 radical (unpaired) electrons. The molecular weight excluding hydrogens is 576 g/mol. The van der Waals surface area contributed by atoms with Crippen LogP contribution in [0.4, 0.5) is 0 Å². The van der Waals surface area contributed by atoms with E-state index in [4.69, 9.17) is 23.1 Å². The van der Waals surface area contributed by atoms with E-state index in [1.54, 1.807) is 7.11 Å². The summed E-state index contributed by atoms with van der Waals surface area (Å²) in [7, 11) is -0.237. The summed E-state index contributed by atoms with van der Waals surface area (Å²) in [5, 5.41) is 4.88. The fourth-order valence-corrected chi connectivity index (χ4v) is 5.24. The SMILES string of the molecule is CCc1c(CC)c(O[Si](C)(C)C(C)(C)C)c2c(ccc3cc(Br)ccc32)c1OC.[C-]#[O+].[C-]#[O+].[C-]#[O+].[Cr]. The summed E-state index contributed by atoms with van der Waals surface area (Å²) >= 11 is 3.62. The maximum atomic E-state index is 7.50. The van der Waals surface area contributed by atoms with Crippen LogP contribution in [0.2, 0.25) is 18.1 Å². The molecule has 0 aliphatic heterocycles. The summed E-state index contributed by atoms with van der Waals surface area (Å²) in [6.07, 6.45) is 1.85. The number of methoxy groups -OCH3 is 1. The Labute approximate surface area is 235 Å². The van der Waals surface area contributed by atoms with E-state index in [9.17, 15) is 0 Å². The van der Waals surface area contributed by atoms with E-state index in [-0.39, 0.29) is 22.4 Å². The molecule has 192 valence electrons. The molecule has 0 N–H and O–H groups in total. The number of fused-ring (bicyclic) bond motifs is 3. The van der Waals surface area contributed by atoms with Gasteiger partial charge in [0.2, 0.25) is 0 Å². The fraction of sp³-hybridized carbons (Fsp3) is 0.393. The molecule has 0 aliphatic rings. The summed E-state index contributed by atoms with van der Waals surface area (Å²) in [5.74, 6) is 2.06. The largest absolute Gasteiger partial charge is 0 e. The van der Waals surface area contributed by atoms with Gasteiger partial charge in [-0.1, -0.05) is 62.7 Å². The summed E-state index contributed by atoms with van der Waals surface area (Å²) in [6, 6.07) is 10.9. The normalized spacial score (nSPS) is 10.3. The Kier molecular flexibility index (Phi) is 16.3. The third-order valence-corrected chi connectivity index (χ3v) is 11.3. The first-order chi connectivity index (χ1) is 16.6. The molecule has 0 aliphatic carbocycles. The molecule has 5 nitrogen and oxygen atoms in total. The third-order valence-electron chi connectivity index (χ3n) is 6.44. The number of halogens is 1. The minimum atomic E-state index is -2.02. The zero-order chi connectivity index (χ0) is 27.6. The summed E-state index contributed by atoms with van der Waals surface area (Å²) in [5.41, 5.74) is 2.56. The smallest absolute Gasteiger partial charge is 0 e. The molecule has 0 atom stereocenters. The second-order valence-corrected chi connectivity index (χ2v) is 14.9. The molecule has 8 heteroatoms. The molecule has 0 fully saturated rings. The Balaban J connectivity index is 0. The molecule has 3 aromatic carbocycles. The molecule has 3 rings (SSSR count). The van der Waals surface area contributed by atoms with Crippen molar-refractivity contribution in [2.75, 3.05) is 7.11 Å². The predicted octanol–water partition coefficient (Wildman–Crippen LogP) is 8.16. The van der Waals surface area contributed by atoms with Crippen molar-refractivity contribution >= 4 is 45.8 Å². The zero-order valence-electron chi connectivity index (χ0n) is 22.1. The van der Waals surface area contributed by atoms with Crippen molar-refractivity contribution in [3.8, 4) is 11.5 Å². The van der Waals surface area contributed by atoms with Gasteiger partial charge in [0.05, 0.1) is 7.11 Å². The molecule has 0 spiro atoms. The quantitative estimate of drug-likeness (QED) is 0.127. The molecule has 0 amide bonds. The monoisotopic (exact) mass is 608 g/mol.